The van der Waals surface area contributed by atoms with Crippen molar-refractivity contribution in [3.8, 4) is 5.75 Å². The Balaban J connectivity index is 1.96. The second-order valence-electron chi connectivity index (χ2n) is 4.08. The van der Waals surface area contributed by atoms with Gasteiger partial charge in [-0.1, -0.05) is 36.4 Å². The minimum Gasteiger partial charge on any atom is -0.487 e. The normalized spacial score (nSPS) is 20.1. The fraction of sp³-hybridized carbons (Fsp3) is 0.286. The highest BCUT2D eigenvalue weighted by atomic mass is 16.5. The van der Waals surface area contributed by atoms with E-state index in [4.69, 9.17) is 9.47 Å². The van der Waals surface area contributed by atoms with E-state index in [0.717, 1.165) is 18.8 Å². The molecule has 2 aromatic carbocycles. The highest BCUT2D eigenvalue weighted by Gasteiger charge is 2.17. The summed E-state index contributed by atoms with van der Waals surface area (Å²) in [4.78, 5) is 0. The Morgan fingerprint density at radius 1 is 1.06 bits per heavy atom. The van der Waals surface area contributed by atoms with Crippen LogP contribution in [0.2, 0.25) is 0 Å². The molecular formula is C14H14O2. The Morgan fingerprint density at radius 2 is 1.94 bits per heavy atom. The van der Waals surface area contributed by atoms with Crippen LogP contribution in [0.5, 0.6) is 5.75 Å². The quantitative estimate of drug-likeness (QED) is 0.765. The Morgan fingerprint density at radius 3 is 2.81 bits per heavy atom. The summed E-state index contributed by atoms with van der Waals surface area (Å²) < 4.78 is 11.3. The molecule has 0 radical (unpaired) electrons. The van der Waals surface area contributed by atoms with Crippen molar-refractivity contribution in [2.24, 2.45) is 0 Å². The van der Waals surface area contributed by atoms with Crippen LogP contribution in [0.15, 0.2) is 42.5 Å². The van der Waals surface area contributed by atoms with Gasteiger partial charge in [-0.05, 0) is 11.5 Å². The molecule has 2 heteroatoms. The molecule has 0 N–H and O–H groups in total. The number of ether oxygens (including phenoxy) is 2. The molecule has 82 valence electrons. The van der Waals surface area contributed by atoms with E-state index in [0.29, 0.717) is 6.61 Å². The van der Waals surface area contributed by atoms with Crippen molar-refractivity contribution in [3.63, 3.8) is 0 Å². The molecule has 1 aliphatic rings. The topological polar surface area (TPSA) is 18.5 Å². The summed E-state index contributed by atoms with van der Waals surface area (Å²) >= 11 is 0. The first-order valence-corrected chi connectivity index (χ1v) is 5.66. The first-order valence-electron chi connectivity index (χ1n) is 5.66. The zero-order valence-electron chi connectivity index (χ0n) is 9.06. The summed E-state index contributed by atoms with van der Waals surface area (Å²) in [5.74, 6) is 0.966. The Hall–Kier alpha value is -1.54. The van der Waals surface area contributed by atoms with E-state index in [1.54, 1.807) is 0 Å². The molecule has 16 heavy (non-hydrogen) atoms. The van der Waals surface area contributed by atoms with Crippen molar-refractivity contribution < 1.29 is 9.47 Å². The summed E-state index contributed by atoms with van der Waals surface area (Å²) in [5.41, 5.74) is 0. The van der Waals surface area contributed by atoms with Gasteiger partial charge in [0.1, 0.15) is 11.9 Å². The molecular weight excluding hydrogens is 200 g/mol. The van der Waals surface area contributed by atoms with E-state index in [2.05, 4.69) is 18.2 Å². The largest absolute Gasteiger partial charge is 0.487 e. The van der Waals surface area contributed by atoms with Crippen LogP contribution < -0.4 is 4.74 Å². The summed E-state index contributed by atoms with van der Waals surface area (Å²) in [5, 5.41) is 2.40. The standard InChI is InChI=1S/C14H14O2/c1-2-6-13-11(4-1)5-3-7-14(13)16-12-8-9-15-10-12/h1-7,12H,8-10H2. The van der Waals surface area contributed by atoms with E-state index < -0.39 is 0 Å². The molecule has 1 unspecified atom stereocenters. The second kappa shape index (κ2) is 4.14. The van der Waals surface area contributed by atoms with Crippen molar-refractivity contribution in [1.29, 1.82) is 0 Å². The summed E-state index contributed by atoms with van der Waals surface area (Å²) in [6.45, 7) is 1.53. The molecule has 0 amide bonds. The molecule has 1 fully saturated rings. The van der Waals surface area contributed by atoms with Gasteiger partial charge in [0.2, 0.25) is 0 Å². The van der Waals surface area contributed by atoms with Crippen LogP contribution in [0.25, 0.3) is 10.8 Å². The SMILES string of the molecule is c1ccc2c(OC3CCOC3)cccc2c1. The molecule has 1 saturated heterocycles. The summed E-state index contributed by atoms with van der Waals surface area (Å²) in [7, 11) is 0. The molecule has 1 atom stereocenters. The number of rotatable bonds is 2. The monoisotopic (exact) mass is 214 g/mol. The van der Waals surface area contributed by atoms with E-state index in [1.165, 1.54) is 10.8 Å². The van der Waals surface area contributed by atoms with Crippen LogP contribution in [-0.2, 0) is 4.74 Å². The summed E-state index contributed by atoms with van der Waals surface area (Å²) in [6.07, 6.45) is 1.20. The van der Waals surface area contributed by atoms with Crippen LogP contribution in [0.3, 0.4) is 0 Å². The molecule has 0 bridgehead atoms. The van der Waals surface area contributed by atoms with Gasteiger partial charge in [0.15, 0.2) is 0 Å². The summed E-state index contributed by atoms with van der Waals surface area (Å²) in [6, 6.07) is 14.5. The molecule has 1 heterocycles. The molecule has 1 aliphatic heterocycles. The van der Waals surface area contributed by atoms with Crippen LogP contribution in [0.4, 0.5) is 0 Å². The first-order chi connectivity index (χ1) is 7.93. The molecule has 2 nitrogen and oxygen atoms in total. The van der Waals surface area contributed by atoms with Crippen LogP contribution in [0.1, 0.15) is 6.42 Å². The lowest BCUT2D eigenvalue weighted by atomic mass is 10.1. The minimum absolute atomic E-state index is 0.214. The van der Waals surface area contributed by atoms with Crippen LogP contribution in [-0.4, -0.2) is 19.3 Å². The average Bonchev–Trinajstić information content (AvgIpc) is 2.82. The van der Waals surface area contributed by atoms with Gasteiger partial charge in [-0.25, -0.2) is 0 Å². The number of hydrogen-bond donors (Lipinski definition) is 0. The van der Waals surface area contributed by atoms with E-state index >= 15 is 0 Å². The molecule has 3 rings (SSSR count). The Kier molecular flexibility index (Phi) is 2.50. The first kappa shape index (κ1) is 9.67. The zero-order valence-corrected chi connectivity index (χ0v) is 9.06. The van der Waals surface area contributed by atoms with E-state index in [-0.39, 0.29) is 6.10 Å². The van der Waals surface area contributed by atoms with Crippen LogP contribution >= 0.6 is 0 Å². The van der Waals surface area contributed by atoms with Gasteiger partial charge in [-0.2, -0.15) is 0 Å². The number of hydrogen-bond acceptors (Lipinski definition) is 2. The fourth-order valence-electron chi connectivity index (χ4n) is 2.08. The van der Waals surface area contributed by atoms with Gasteiger partial charge in [0.05, 0.1) is 13.2 Å². The highest BCUT2D eigenvalue weighted by molar-refractivity contribution is 5.88. The Bertz CT molecular complexity index is 482. The average molecular weight is 214 g/mol. The van der Waals surface area contributed by atoms with Gasteiger partial charge >= 0.3 is 0 Å². The number of fused-ring (bicyclic) bond motifs is 1. The van der Waals surface area contributed by atoms with Crippen molar-refractivity contribution in [2.75, 3.05) is 13.2 Å². The maximum Gasteiger partial charge on any atom is 0.127 e. The lowest BCUT2D eigenvalue weighted by Gasteiger charge is -2.13. The van der Waals surface area contributed by atoms with Crippen LogP contribution in [0, 0.1) is 0 Å². The maximum atomic E-state index is 5.96. The molecule has 2 aromatic rings. The van der Waals surface area contributed by atoms with Gasteiger partial charge in [-0.3, -0.25) is 0 Å². The van der Waals surface area contributed by atoms with Gasteiger partial charge in [0, 0.05) is 11.8 Å². The van der Waals surface area contributed by atoms with Crippen molar-refractivity contribution in [3.05, 3.63) is 42.5 Å². The lowest BCUT2D eigenvalue weighted by molar-refractivity contribution is 0.142. The predicted octanol–water partition coefficient (Wildman–Crippen LogP) is 3.01. The molecule has 0 aromatic heterocycles. The van der Waals surface area contributed by atoms with E-state index in [1.807, 2.05) is 24.3 Å². The van der Waals surface area contributed by atoms with Crippen molar-refractivity contribution in [1.82, 2.24) is 0 Å². The predicted molar refractivity (Wildman–Crippen MR) is 63.8 cm³/mol. The molecule has 0 spiro atoms. The number of benzene rings is 2. The van der Waals surface area contributed by atoms with Gasteiger partial charge in [-0.15, -0.1) is 0 Å². The zero-order chi connectivity index (χ0) is 10.8. The highest BCUT2D eigenvalue weighted by Crippen LogP contribution is 2.27. The fourth-order valence-corrected chi connectivity index (χ4v) is 2.08. The van der Waals surface area contributed by atoms with Crippen molar-refractivity contribution in [2.45, 2.75) is 12.5 Å². The van der Waals surface area contributed by atoms with Gasteiger partial charge < -0.3 is 9.47 Å². The second-order valence-corrected chi connectivity index (χ2v) is 4.08. The third-order valence-electron chi connectivity index (χ3n) is 2.93. The lowest BCUT2D eigenvalue weighted by Crippen LogP contribution is -2.15. The third kappa shape index (κ3) is 1.76. The minimum atomic E-state index is 0.214. The maximum absolute atomic E-state index is 5.96. The Labute approximate surface area is 94.8 Å². The van der Waals surface area contributed by atoms with E-state index in [9.17, 15) is 0 Å². The molecule has 0 saturated carbocycles. The van der Waals surface area contributed by atoms with Gasteiger partial charge in [0.25, 0.3) is 0 Å². The molecule has 0 aliphatic carbocycles. The third-order valence-corrected chi connectivity index (χ3v) is 2.93. The van der Waals surface area contributed by atoms with Crippen molar-refractivity contribution >= 4 is 10.8 Å². The smallest absolute Gasteiger partial charge is 0.127 e.